The fraction of sp³-hybridized carbons (Fsp3) is 0.308. The normalized spacial score (nSPS) is 10.6. The number of nitrogens with zero attached hydrogens (tertiary/aromatic N) is 1. The van der Waals surface area contributed by atoms with Gasteiger partial charge < -0.3 is 16.0 Å². The van der Waals surface area contributed by atoms with Crippen LogP contribution in [0.3, 0.4) is 0 Å². The third-order valence-corrected chi connectivity index (χ3v) is 2.78. The van der Waals surface area contributed by atoms with E-state index in [4.69, 9.17) is 5.73 Å². The Labute approximate surface area is 110 Å². The van der Waals surface area contributed by atoms with Crippen LogP contribution in [0.5, 0.6) is 0 Å². The molecule has 1 amide bonds. The molecule has 0 fully saturated rings. The molecule has 1 heterocycles. The van der Waals surface area contributed by atoms with Crippen molar-refractivity contribution < 1.29 is 4.79 Å². The van der Waals surface area contributed by atoms with Gasteiger partial charge in [-0.3, -0.25) is 4.79 Å². The molecule has 0 aliphatic rings. The standard InChI is InChI=1S/C13H16N4O2/c14-7-8-15-12(18)6-5-11-9-3-1-2-4-10(9)16-13(19)17-11/h1-4H,5-8,14H2,(H,15,18)(H,16,17,19). The number of rotatable bonds is 5. The summed E-state index contributed by atoms with van der Waals surface area (Å²) in [6.45, 7) is 0.882. The highest BCUT2D eigenvalue weighted by Crippen LogP contribution is 2.13. The van der Waals surface area contributed by atoms with Crippen LogP contribution in [0.1, 0.15) is 12.1 Å². The smallest absolute Gasteiger partial charge is 0.345 e. The molecule has 4 N–H and O–H groups in total. The second-order valence-electron chi connectivity index (χ2n) is 4.18. The summed E-state index contributed by atoms with van der Waals surface area (Å²) in [6, 6.07) is 7.36. The van der Waals surface area contributed by atoms with Crippen molar-refractivity contribution in [3.8, 4) is 0 Å². The van der Waals surface area contributed by atoms with Crippen molar-refractivity contribution in [2.75, 3.05) is 13.1 Å². The zero-order valence-electron chi connectivity index (χ0n) is 10.5. The maximum Gasteiger partial charge on any atom is 0.345 e. The molecule has 6 heteroatoms. The zero-order chi connectivity index (χ0) is 13.7. The number of nitrogens with one attached hydrogen (secondary N) is 2. The molecule has 100 valence electrons. The fourth-order valence-corrected chi connectivity index (χ4v) is 1.90. The van der Waals surface area contributed by atoms with E-state index in [1.54, 1.807) is 6.07 Å². The summed E-state index contributed by atoms with van der Waals surface area (Å²) in [6.07, 6.45) is 0.776. The van der Waals surface area contributed by atoms with E-state index in [9.17, 15) is 9.59 Å². The monoisotopic (exact) mass is 260 g/mol. The summed E-state index contributed by atoms with van der Waals surface area (Å²) < 4.78 is 0. The molecule has 0 atom stereocenters. The Morgan fingerprint density at radius 3 is 2.95 bits per heavy atom. The van der Waals surface area contributed by atoms with E-state index in [2.05, 4.69) is 15.3 Å². The van der Waals surface area contributed by atoms with E-state index in [1.807, 2.05) is 18.2 Å². The van der Waals surface area contributed by atoms with Crippen LogP contribution in [0.2, 0.25) is 0 Å². The largest absolute Gasteiger partial charge is 0.355 e. The van der Waals surface area contributed by atoms with Gasteiger partial charge in [-0.1, -0.05) is 18.2 Å². The van der Waals surface area contributed by atoms with Gasteiger partial charge >= 0.3 is 5.69 Å². The van der Waals surface area contributed by atoms with Gasteiger partial charge in [0.25, 0.3) is 0 Å². The van der Waals surface area contributed by atoms with Gasteiger partial charge in [0.15, 0.2) is 0 Å². The molecule has 0 saturated carbocycles. The molecule has 0 saturated heterocycles. The molecule has 0 unspecified atom stereocenters. The summed E-state index contributed by atoms with van der Waals surface area (Å²) in [5, 5.41) is 3.56. The number of carbonyl (C=O) groups excluding carboxylic acids is 1. The van der Waals surface area contributed by atoms with Crippen LogP contribution in [-0.4, -0.2) is 29.0 Å². The van der Waals surface area contributed by atoms with E-state index >= 15 is 0 Å². The molecule has 6 nitrogen and oxygen atoms in total. The van der Waals surface area contributed by atoms with Crippen LogP contribution in [0.25, 0.3) is 10.9 Å². The number of para-hydroxylation sites is 1. The number of fused-ring (bicyclic) bond motifs is 1. The lowest BCUT2D eigenvalue weighted by atomic mass is 10.1. The molecular formula is C13H16N4O2. The van der Waals surface area contributed by atoms with Gasteiger partial charge in [0.2, 0.25) is 5.91 Å². The first-order chi connectivity index (χ1) is 9.20. The second kappa shape index (κ2) is 6.10. The van der Waals surface area contributed by atoms with Crippen molar-refractivity contribution in [2.45, 2.75) is 12.8 Å². The van der Waals surface area contributed by atoms with Gasteiger partial charge in [0.05, 0.1) is 5.52 Å². The van der Waals surface area contributed by atoms with Crippen molar-refractivity contribution in [2.24, 2.45) is 5.73 Å². The topological polar surface area (TPSA) is 101 Å². The third-order valence-electron chi connectivity index (χ3n) is 2.78. The maximum absolute atomic E-state index is 11.5. The molecule has 0 bridgehead atoms. The fourth-order valence-electron chi connectivity index (χ4n) is 1.90. The van der Waals surface area contributed by atoms with E-state index in [0.29, 0.717) is 31.4 Å². The van der Waals surface area contributed by atoms with Crippen molar-refractivity contribution in [1.82, 2.24) is 15.3 Å². The molecule has 0 radical (unpaired) electrons. The summed E-state index contributed by atoms with van der Waals surface area (Å²) >= 11 is 0. The maximum atomic E-state index is 11.5. The number of hydrogen-bond acceptors (Lipinski definition) is 4. The van der Waals surface area contributed by atoms with E-state index in [-0.39, 0.29) is 5.91 Å². The minimum Gasteiger partial charge on any atom is -0.355 e. The summed E-state index contributed by atoms with van der Waals surface area (Å²) in [7, 11) is 0. The van der Waals surface area contributed by atoms with Gasteiger partial charge in [0, 0.05) is 30.6 Å². The lowest BCUT2D eigenvalue weighted by Gasteiger charge is -2.06. The number of carbonyl (C=O) groups is 1. The number of aromatic amines is 1. The number of aromatic nitrogens is 2. The highest BCUT2D eigenvalue weighted by Gasteiger charge is 2.07. The van der Waals surface area contributed by atoms with Crippen LogP contribution in [0.15, 0.2) is 29.1 Å². The molecule has 0 spiro atoms. The number of benzene rings is 1. The van der Waals surface area contributed by atoms with Crippen molar-refractivity contribution in [3.63, 3.8) is 0 Å². The molecule has 2 rings (SSSR count). The molecule has 1 aromatic carbocycles. The lowest BCUT2D eigenvalue weighted by Crippen LogP contribution is -2.29. The molecule has 0 aliphatic heterocycles. The second-order valence-corrected chi connectivity index (χ2v) is 4.18. The summed E-state index contributed by atoms with van der Waals surface area (Å²) in [5.74, 6) is -0.0767. The van der Waals surface area contributed by atoms with Crippen LogP contribution >= 0.6 is 0 Å². The van der Waals surface area contributed by atoms with Crippen LogP contribution in [0.4, 0.5) is 0 Å². The van der Waals surface area contributed by atoms with E-state index in [1.165, 1.54) is 0 Å². The highest BCUT2D eigenvalue weighted by atomic mass is 16.1. The number of nitrogens with two attached hydrogens (primary N) is 1. The Bertz CT molecular complexity index is 636. The van der Waals surface area contributed by atoms with Gasteiger partial charge in [-0.25, -0.2) is 4.79 Å². The van der Waals surface area contributed by atoms with Gasteiger partial charge in [0.1, 0.15) is 0 Å². The summed E-state index contributed by atoms with van der Waals surface area (Å²) in [5.41, 5.74) is 6.29. The predicted molar refractivity (Wildman–Crippen MR) is 72.7 cm³/mol. The van der Waals surface area contributed by atoms with Gasteiger partial charge in [-0.05, 0) is 12.5 Å². The van der Waals surface area contributed by atoms with Gasteiger partial charge in [-0.2, -0.15) is 4.98 Å². The average molecular weight is 260 g/mol. The molecule has 1 aromatic heterocycles. The number of amides is 1. The van der Waals surface area contributed by atoms with Crippen molar-refractivity contribution in [3.05, 3.63) is 40.4 Å². The number of hydrogen-bond donors (Lipinski definition) is 3. The molecule has 19 heavy (non-hydrogen) atoms. The van der Waals surface area contributed by atoms with Crippen LogP contribution in [-0.2, 0) is 11.2 Å². The highest BCUT2D eigenvalue weighted by molar-refractivity contribution is 5.81. The predicted octanol–water partition coefficient (Wildman–Crippen LogP) is -0.0694. The Hall–Kier alpha value is -2.21. The van der Waals surface area contributed by atoms with E-state index in [0.717, 1.165) is 11.1 Å². The molecule has 2 aromatic rings. The van der Waals surface area contributed by atoms with E-state index < -0.39 is 5.69 Å². The average Bonchev–Trinajstić information content (AvgIpc) is 2.42. The van der Waals surface area contributed by atoms with Crippen molar-refractivity contribution in [1.29, 1.82) is 0 Å². The Morgan fingerprint density at radius 1 is 1.37 bits per heavy atom. The number of H-pyrrole nitrogens is 1. The molecular weight excluding hydrogens is 244 g/mol. The minimum absolute atomic E-state index is 0.0767. The first-order valence-electron chi connectivity index (χ1n) is 6.15. The Morgan fingerprint density at radius 2 is 2.16 bits per heavy atom. The van der Waals surface area contributed by atoms with Crippen molar-refractivity contribution >= 4 is 16.8 Å². The first-order valence-corrected chi connectivity index (χ1v) is 6.15. The summed E-state index contributed by atoms with van der Waals surface area (Å²) in [4.78, 5) is 29.5. The Balaban J connectivity index is 2.16. The quantitative estimate of drug-likeness (QED) is 0.700. The Kier molecular flexibility index (Phi) is 4.25. The van der Waals surface area contributed by atoms with Crippen LogP contribution in [0, 0.1) is 0 Å². The molecule has 0 aliphatic carbocycles. The first kappa shape index (κ1) is 13.2. The minimum atomic E-state index is -0.393. The van der Waals surface area contributed by atoms with Crippen LogP contribution < -0.4 is 16.7 Å². The number of aryl methyl sites for hydroxylation is 1. The third kappa shape index (κ3) is 3.38. The zero-order valence-corrected chi connectivity index (χ0v) is 10.5. The SMILES string of the molecule is NCCNC(=O)CCc1[nH]c(=O)nc2ccccc12. The lowest BCUT2D eigenvalue weighted by molar-refractivity contribution is -0.121. The van der Waals surface area contributed by atoms with Gasteiger partial charge in [-0.15, -0.1) is 0 Å².